The number of hydrogen-bond acceptors (Lipinski definition) is 2. The average molecular weight is 240 g/mol. The molecule has 0 bridgehead atoms. The zero-order valence-electron chi connectivity index (χ0n) is 10.5. The minimum atomic E-state index is -2.27. The van der Waals surface area contributed by atoms with Crippen molar-refractivity contribution < 1.29 is 8.78 Å². The van der Waals surface area contributed by atoms with Gasteiger partial charge in [0, 0.05) is 13.5 Å². The predicted molar refractivity (Wildman–Crippen MR) is 65.3 cm³/mol. The summed E-state index contributed by atoms with van der Waals surface area (Å²) in [5.41, 5.74) is 2.68. The number of benzene rings is 1. The third kappa shape index (κ3) is 4.21. The maximum absolute atomic E-state index is 12.2. The molecule has 0 atom stereocenters. The normalized spacial score (nSPS) is 11.9. The van der Waals surface area contributed by atoms with Crippen molar-refractivity contribution in [2.75, 3.05) is 7.05 Å². The fourth-order valence-corrected chi connectivity index (χ4v) is 1.63. The van der Waals surface area contributed by atoms with Crippen LogP contribution in [-0.4, -0.2) is 13.5 Å². The Balaban J connectivity index is 2.98. The van der Waals surface area contributed by atoms with E-state index in [1.54, 1.807) is 7.05 Å². The minimum absolute atomic E-state index is 0.131. The fraction of sp³-hybridized carbons (Fsp3) is 0.538. The Bertz CT molecular complexity index is 387. The zero-order chi connectivity index (χ0) is 12.8. The monoisotopic (exact) mass is 240 g/mol. The van der Waals surface area contributed by atoms with Crippen LogP contribution in [0.5, 0.6) is 0 Å². The summed E-state index contributed by atoms with van der Waals surface area (Å²) in [5, 5.41) is 7.67. The van der Waals surface area contributed by atoms with Gasteiger partial charge in [-0.3, -0.25) is 0 Å². The van der Waals surface area contributed by atoms with Crippen LogP contribution in [0.1, 0.15) is 37.3 Å². The second-order valence-electron chi connectivity index (χ2n) is 4.27. The quantitative estimate of drug-likeness (QED) is 0.665. The molecule has 4 heteroatoms. The van der Waals surface area contributed by atoms with Gasteiger partial charge >= 0.3 is 0 Å². The van der Waals surface area contributed by atoms with Crippen LogP contribution in [-0.2, 0) is 6.42 Å². The lowest BCUT2D eigenvalue weighted by Crippen LogP contribution is -1.97. The largest absolute Gasteiger partial charge is 0.239 e. The Morgan fingerprint density at radius 1 is 1.24 bits per heavy atom. The van der Waals surface area contributed by atoms with Crippen molar-refractivity contribution in [1.29, 1.82) is 0 Å². The first-order chi connectivity index (χ1) is 8.04. The highest BCUT2D eigenvalue weighted by Gasteiger charge is 2.09. The zero-order valence-corrected chi connectivity index (χ0v) is 10.5. The highest BCUT2D eigenvalue weighted by molar-refractivity contribution is 5.48. The molecule has 0 spiro atoms. The first-order valence-electron chi connectivity index (χ1n) is 5.75. The lowest BCUT2D eigenvalue weighted by molar-refractivity contribution is 0.138. The van der Waals surface area contributed by atoms with Crippen molar-refractivity contribution in [3.63, 3.8) is 0 Å². The van der Waals surface area contributed by atoms with Gasteiger partial charge in [-0.15, -0.1) is 0 Å². The average Bonchev–Trinajstić information content (AvgIpc) is 2.27. The lowest BCUT2D eigenvalue weighted by atomic mass is 9.98. The van der Waals surface area contributed by atoms with Crippen LogP contribution in [0.4, 0.5) is 14.5 Å². The van der Waals surface area contributed by atoms with Crippen LogP contribution in [0.3, 0.4) is 0 Å². The first kappa shape index (κ1) is 13.7. The standard InChI is InChI=1S/C13H18F2N2/c1-9(2)10-4-6-12(17-16-3)11(8-10)5-7-13(14)15/h4,6,8-9,13H,5,7H2,1-3H3. The Morgan fingerprint density at radius 2 is 1.94 bits per heavy atom. The van der Waals surface area contributed by atoms with Gasteiger partial charge in [-0.2, -0.15) is 10.2 Å². The molecule has 0 heterocycles. The Morgan fingerprint density at radius 3 is 2.47 bits per heavy atom. The molecule has 0 radical (unpaired) electrons. The molecule has 0 aliphatic heterocycles. The lowest BCUT2D eigenvalue weighted by Gasteiger charge is -2.10. The summed E-state index contributed by atoms with van der Waals surface area (Å²) >= 11 is 0. The third-order valence-electron chi connectivity index (χ3n) is 2.61. The first-order valence-corrected chi connectivity index (χ1v) is 5.75. The van der Waals surface area contributed by atoms with E-state index in [9.17, 15) is 8.78 Å². The van der Waals surface area contributed by atoms with Gasteiger partial charge in [0.05, 0.1) is 5.69 Å². The second-order valence-corrected chi connectivity index (χ2v) is 4.27. The molecule has 0 saturated carbocycles. The van der Waals surface area contributed by atoms with E-state index in [4.69, 9.17) is 0 Å². The molecular weight excluding hydrogens is 222 g/mol. The Kier molecular flexibility index (Phi) is 5.19. The van der Waals surface area contributed by atoms with E-state index in [1.165, 1.54) is 0 Å². The highest BCUT2D eigenvalue weighted by Crippen LogP contribution is 2.26. The third-order valence-corrected chi connectivity index (χ3v) is 2.61. The molecular formula is C13H18F2N2. The summed E-state index contributed by atoms with van der Waals surface area (Å²) in [4.78, 5) is 0. The van der Waals surface area contributed by atoms with Gasteiger partial charge in [-0.05, 0) is 29.5 Å². The summed E-state index contributed by atoms with van der Waals surface area (Å²) in [6.45, 7) is 4.15. The summed E-state index contributed by atoms with van der Waals surface area (Å²) in [6.07, 6.45) is -2.07. The van der Waals surface area contributed by atoms with Gasteiger partial charge in [-0.1, -0.05) is 26.0 Å². The van der Waals surface area contributed by atoms with Crippen molar-refractivity contribution in [1.82, 2.24) is 0 Å². The molecule has 0 aromatic heterocycles. The molecule has 17 heavy (non-hydrogen) atoms. The van der Waals surface area contributed by atoms with Crippen molar-refractivity contribution in [2.24, 2.45) is 10.2 Å². The van der Waals surface area contributed by atoms with E-state index in [0.29, 0.717) is 18.0 Å². The van der Waals surface area contributed by atoms with Gasteiger partial charge in [-0.25, -0.2) is 8.78 Å². The second kappa shape index (κ2) is 6.42. The van der Waals surface area contributed by atoms with Crippen LogP contribution >= 0.6 is 0 Å². The molecule has 0 aliphatic rings. The minimum Gasteiger partial charge on any atom is -0.211 e. The number of aryl methyl sites for hydroxylation is 1. The van der Waals surface area contributed by atoms with E-state index in [-0.39, 0.29) is 6.42 Å². The van der Waals surface area contributed by atoms with Crippen molar-refractivity contribution >= 4 is 5.69 Å². The molecule has 0 N–H and O–H groups in total. The van der Waals surface area contributed by atoms with Crippen LogP contribution < -0.4 is 0 Å². The predicted octanol–water partition coefficient (Wildman–Crippen LogP) is 4.72. The molecule has 0 unspecified atom stereocenters. The van der Waals surface area contributed by atoms with Crippen molar-refractivity contribution in [2.45, 2.75) is 39.0 Å². The number of hydrogen-bond donors (Lipinski definition) is 0. The molecule has 1 rings (SSSR count). The van der Waals surface area contributed by atoms with E-state index >= 15 is 0 Å². The number of rotatable bonds is 5. The van der Waals surface area contributed by atoms with Gasteiger partial charge in [0.2, 0.25) is 6.43 Å². The molecule has 1 aromatic carbocycles. The maximum atomic E-state index is 12.2. The number of alkyl halides is 2. The van der Waals surface area contributed by atoms with Gasteiger partial charge < -0.3 is 0 Å². The number of halogens is 2. The number of azo groups is 1. The van der Waals surface area contributed by atoms with Crippen LogP contribution in [0.2, 0.25) is 0 Å². The number of nitrogens with zero attached hydrogens (tertiary/aromatic N) is 2. The molecule has 0 aliphatic carbocycles. The fourth-order valence-electron chi connectivity index (χ4n) is 1.63. The summed E-state index contributed by atoms with van der Waals surface area (Å²) < 4.78 is 24.5. The SMILES string of the molecule is CN=Nc1ccc(C(C)C)cc1CCC(F)F. The molecule has 0 fully saturated rings. The van der Waals surface area contributed by atoms with E-state index in [1.807, 2.05) is 18.2 Å². The van der Waals surface area contributed by atoms with Gasteiger partial charge in [0.15, 0.2) is 0 Å². The van der Waals surface area contributed by atoms with E-state index in [2.05, 4.69) is 24.1 Å². The maximum Gasteiger partial charge on any atom is 0.239 e. The topological polar surface area (TPSA) is 24.7 Å². The van der Waals surface area contributed by atoms with E-state index < -0.39 is 6.43 Å². The molecule has 0 amide bonds. The smallest absolute Gasteiger partial charge is 0.211 e. The van der Waals surface area contributed by atoms with Gasteiger partial charge in [0.25, 0.3) is 0 Å². The molecule has 1 aromatic rings. The summed E-state index contributed by atoms with van der Waals surface area (Å²) in [7, 11) is 1.58. The van der Waals surface area contributed by atoms with Crippen molar-refractivity contribution in [3.05, 3.63) is 29.3 Å². The molecule has 94 valence electrons. The molecule has 2 nitrogen and oxygen atoms in total. The molecule has 0 saturated heterocycles. The van der Waals surface area contributed by atoms with Crippen molar-refractivity contribution in [3.8, 4) is 0 Å². The Hall–Kier alpha value is -1.32. The van der Waals surface area contributed by atoms with Crippen LogP contribution in [0.25, 0.3) is 0 Å². The van der Waals surface area contributed by atoms with E-state index in [0.717, 1.165) is 11.1 Å². The summed E-state index contributed by atoms with van der Waals surface area (Å²) in [5.74, 6) is 0.382. The van der Waals surface area contributed by atoms with Crippen LogP contribution in [0.15, 0.2) is 28.4 Å². The van der Waals surface area contributed by atoms with Gasteiger partial charge in [0.1, 0.15) is 0 Å². The Labute approximate surface area is 101 Å². The van der Waals surface area contributed by atoms with Crippen LogP contribution in [0, 0.1) is 0 Å². The summed E-state index contributed by atoms with van der Waals surface area (Å²) in [6, 6.07) is 5.78. The highest BCUT2D eigenvalue weighted by atomic mass is 19.3.